The van der Waals surface area contributed by atoms with E-state index in [2.05, 4.69) is 21.1 Å². The highest BCUT2D eigenvalue weighted by atomic mass is 32.2. The Bertz CT molecular complexity index is 1210. The third-order valence-corrected chi connectivity index (χ3v) is 5.09. The molecule has 0 bridgehead atoms. The van der Waals surface area contributed by atoms with E-state index in [0.717, 1.165) is 16.9 Å². The van der Waals surface area contributed by atoms with Crippen LogP contribution in [0, 0.1) is 19.7 Å². The van der Waals surface area contributed by atoms with E-state index in [1.807, 2.05) is 26.0 Å². The van der Waals surface area contributed by atoms with Crippen LogP contribution >= 0.6 is 11.8 Å². The Kier molecular flexibility index (Phi) is 5.35. The van der Waals surface area contributed by atoms with Crippen molar-refractivity contribution < 1.29 is 9.13 Å². The second-order valence-electron chi connectivity index (χ2n) is 6.67. The molecule has 0 saturated heterocycles. The van der Waals surface area contributed by atoms with Crippen LogP contribution in [0.25, 0.3) is 17.0 Å². The van der Waals surface area contributed by atoms with Gasteiger partial charge in [-0.2, -0.15) is 0 Å². The lowest BCUT2D eigenvalue weighted by molar-refractivity contribution is 0.343. The summed E-state index contributed by atoms with van der Waals surface area (Å²) in [7, 11) is 0. The van der Waals surface area contributed by atoms with Gasteiger partial charge >= 0.3 is 0 Å². The maximum atomic E-state index is 13.6. The molecular formula is C21H19FN4O2S. The van der Waals surface area contributed by atoms with E-state index in [1.165, 1.54) is 34.5 Å². The van der Waals surface area contributed by atoms with Crippen LogP contribution in [0.1, 0.15) is 11.1 Å². The average molecular weight is 410 g/mol. The van der Waals surface area contributed by atoms with Gasteiger partial charge in [0.05, 0.1) is 6.61 Å². The van der Waals surface area contributed by atoms with E-state index in [-0.39, 0.29) is 11.4 Å². The summed E-state index contributed by atoms with van der Waals surface area (Å²) in [5.41, 5.74) is 3.00. The summed E-state index contributed by atoms with van der Waals surface area (Å²) < 4.78 is 21.0. The Balaban J connectivity index is 1.55. The summed E-state index contributed by atoms with van der Waals surface area (Å²) in [5.74, 6) is 1.43. The highest BCUT2D eigenvalue weighted by Crippen LogP contribution is 2.22. The number of hydrogen-bond donors (Lipinski definition) is 1. The van der Waals surface area contributed by atoms with Crippen molar-refractivity contribution in [2.75, 3.05) is 12.4 Å². The maximum Gasteiger partial charge on any atom is 0.266 e. The molecule has 8 heteroatoms. The first-order valence-electron chi connectivity index (χ1n) is 9.07. The van der Waals surface area contributed by atoms with E-state index in [4.69, 9.17) is 4.74 Å². The van der Waals surface area contributed by atoms with Gasteiger partial charge in [-0.15, -0.1) is 0 Å². The third-order valence-electron chi connectivity index (χ3n) is 4.19. The quantitative estimate of drug-likeness (QED) is 0.384. The smallest absolute Gasteiger partial charge is 0.266 e. The van der Waals surface area contributed by atoms with Gasteiger partial charge in [0.1, 0.15) is 11.6 Å². The normalized spacial score (nSPS) is 11.1. The number of nitrogens with zero attached hydrogens (tertiary/aromatic N) is 3. The summed E-state index contributed by atoms with van der Waals surface area (Å²) in [5, 5.41) is 3.25. The van der Waals surface area contributed by atoms with E-state index in [1.54, 1.807) is 12.1 Å². The monoisotopic (exact) mass is 410 g/mol. The van der Waals surface area contributed by atoms with Crippen LogP contribution in [-0.2, 0) is 0 Å². The number of H-pyrrole nitrogens is 1. The molecule has 0 unspecified atom stereocenters. The molecule has 1 N–H and O–H groups in total. The minimum atomic E-state index is -0.367. The van der Waals surface area contributed by atoms with Gasteiger partial charge < -0.3 is 4.74 Å². The van der Waals surface area contributed by atoms with Crippen molar-refractivity contribution in [3.63, 3.8) is 0 Å². The SMILES string of the molecule is Cc1cc(C)cc(OCCSc2nc(-c3cccc(F)c3)nc3cc(=O)[nH]n23)c1. The van der Waals surface area contributed by atoms with Crippen molar-refractivity contribution >= 4 is 17.4 Å². The Labute approximate surface area is 170 Å². The summed E-state index contributed by atoms with van der Waals surface area (Å²) in [6, 6.07) is 13.5. The first-order valence-corrected chi connectivity index (χ1v) is 10.1. The van der Waals surface area contributed by atoms with E-state index >= 15 is 0 Å². The van der Waals surface area contributed by atoms with Gasteiger partial charge in [-0.3, -0.25) is 9.89 Å². The molecule has 0 spiro atoms. The molecule has 0 amide bonds. The molecule has 2 heterocycles. The van der Waals surface area contributed by atoms with Crippen molar-refractivity contribution in [1.29, 1.82) is 0 Å². The van der Waals surface area contributed by atoms with Crippen LogP contribution in [-0.4, -0.2) is 31.9 Å². The number of nitrogens with one attached hydrogen (secondary N) is 1. The van der Waals surface area contributed by atoms with E-state index in [9.17, 15) is 9.18 Å². The van der Waals surface area contributed by atoms with Gasteiger partial charge in [0.15, 0.2) is 16.6 Å². The van der Waals surface area contributed by atoms with Crippen LogP contribution in [0.4, 0.5) is 4.39 Å². The minimum Gasteiger partial charge on any atom is -0.493 e. The van der Waals surface area contributed by atoms with Crippen LogP contribution < -0.4 is 10.3 Å². The van der Waals surface area contributed by atoms with Gasteiger partial charge in [0, 0.05) is 17.4 Å². The number of ether oxygens (including phenoxy) is 1. The molecular weight excluding hydrogens is 391 g/mol. The standard InChI is InChI=1S/C21H19FN4O2S/c1-13-8-14(2)10-17(9-13)28-6-7-29-21-24-20(15-4-3-5-16(22)11-15)23-18-12-19(27)25-26(18)21/h3-5,8-12H,6-7H2,1-2H3,(H,25,27). The Hall–Kier alpha value is -3.13. The molecule has 4 aromatic rings. The molecule has 29 heavy (non-hydrogen) atoms. The number of rotatable bonds is 6. The van der Waals surface area contributed by atoms with Gasteiger partial charge in [0.2, 0.25) is 0 Å². The molecule has 0 aliphatic carbocycles. The van der Waals surface area contributed by atoms with E-state index in [0.29, 0.717) is 34.6 Å². The lowest BCUT2D eigenvalue weighted by atomic mass is 10.1. The van der Waals surface area contributed by atoms with Crippen molar-refractivity contribution in [2.45, 2.75) is 19.0 Å². The lowest BCUT2D eigenvalue weighted by Crippen LogP contribution is -2.07. The topological polar surface area (TPSA) is 72.3 Å². The molecule has 0 radical (unpaired) electrons. The van der Waals surface area contributed by atoms with Crippen LogP contribution in [0.15, 0.2) is 58.5 Å². The molecule has 0 atom stereocenters. The zero-order valence-corrected chi connectivity index (χ0v) is 16.8. The zero-order valence-electron chi connectivity index (χ0n) is 16.0. The molecule has 0 fully saturated rings. The number of hydrogen-bond acceptors (Lipinski definition) is 5. The average Bonchev–Trinajstić information content (AvgIpc) is 3.04. The molecule has 6 nitrogen and oxygen atoms in total. The van der Waals surface area contributed by atoms with Crippen molar-refractivity contribution in [3.8, 4) is 17.1 Å². The van der Waals surface area contributed by atoms with Crippen LogP contribution in [0.5, 0.6) is 5.75 Å². The van der Waals surface area contributed by atoms with Gasteiger partial charge in [-0.05, 0) is 49.2 Å². The van der Waals surface area contributed by atoms with Gasteiger partial charge in [-0.25, -0.2) is 18.9 Å². The lowest BCUT2D eigenvalue weighted by Gasteiger charge is -2.09. The van der Waals surface area contributed by atoms with Crippen LogP contribution in [0.3, 0.4) is 0 Å². The number of fused-ring (bicyclic) bond motifs is 1. The summed E-state index contributed by atoms with van der Waals surface area (Å²) in [6.45, 7) is 4.53. The maximum absolute atomic E-state index is 13.6. The van der Waals surface area contributed by atoms with Crippen molar-refractivity contribution in [2.24, 2.45) is 0 Å². The number of halogens is 1. The Morgan fingerprint density at radius 3 is 2.66 bits per heavy atom. The predicted octanol–water partition coefficient (Wildman–Crippen LogP) is 4.01. The molecule has 0 aliphatic heterocycles. The molecule has 0 aliphatic rings. The number of thioether (sulfide) groups is 1. The molecule has 2 aromatic heterocycles. The fourth-order valence-corrected chi connectivity index (χ4v) is 3.81. The molecule has 0 saturated carbocycles. The Morgan fingerprint density at radius 1 is 1.10 bits per heavy atom. The van der Waals surface area contributed by atoms with Gasteiger partial charge in [0.25, 0.3) is 5.56 Å². The Morgan fingerprint density at radius 2 is 1.90 bits per heavy atom. The zero-order chi connectivity index (χ0) is 20.4. The second-order valence-corrected chi connectivity index (χ2v) is 7.74. The van der Waals surface area contributed by atoms with Crippen molar-refractivity contribution in [3.05, 3.63) is 75.8 Å². The van der Waals surface area contributed by atoms with Crippen LogP contribution in [0.2, 0.25) is 0 Å². The predicted molar refractivity (Wildman–Crippen MR) is 111 cm³/mol. The summed E-state index contributed by atoms with van der Waals surface area (Å²) in [6.07, 6.45) is 0. The summed E-state index contributed by atoms with van der Waals surface area (Å²) >= 11 is 1.43. The molecule has 4 rings (SSSR count). The van der Waals surface area contributed by atoms with Gasteiger partial charge in [-0.1, -0.05) is 30.0 Å². The first kappa shape index (κ1) is 19.2. The fourth-order valence-electron chi connectivity index (χ4n) is 3.05. The number of benzene rings is 2. The number of aryl methyl sites for hydroxylation is 2. The molecule has 148 valence electrons. The number of aromatic amines is 1. The summed E-state index contributed by atoms with van der Waals surface area (Å²) in [4.78, 5) is 20.7. The fraction of sp³-hybridized carbons (Fsp3) is 0.190. The second kappa shape index (κ2) is 8.08. The molecule has 2 aromatic carbocycles. The third kappa shape index (κ3) is 4.48. The van der Waals surface area contributed by atoms with Crippen molar-refractivity contribution in [1.82, 2.24) is 19.6 Å². The minimum absolute atomic E-state index is 0.274. The highest BCUT2D eigenvalue weighted by molar-refractivity contribution is 7.99. The number of aromatic nitrogens is 4. The first-order chi connectivity index (χ1) is 14.0. The highest BCUT2D eigenvalue weighted by Gasteiger charge is 2.12. The largest absolute Gasteiger partial charge is 0.493 e. The van der Waals surface area contributed by atoms with E-state index < -0.39 is 0 Å².